The first-order valence-electron chi connectivity index (χ1n) is 15.5. The third-order valence-corrected chi connectivity index (χ3v) is 8.71. The topological polar surface area (TPSA) is 76.3 Å². The van der Waals surface area contributed by atoms with Crippen molar-refractivity contribution in [1.82, 2.24) is 9.13 Å². The Kier molecular flexibility index (Phi) is 10.8. The van der Waals surface area contributed by atoms with Gasteiger partial charge in [0.2, 0.25) is 0 Å². The van der Waals surface area contributed by atoms with Crippen LogP contribution in [-0.4, -0.2) is 55.7 Å². The molecular weight excluding hydrogens is 617 g/mol. The van der Waals surface area contributed by atoms with Gasteiger partial charge in [-0.2, -0.15) is 0 Å². The Bertz CT molecular complexity index is 2060. The van der Waals surface area contributed by atoms with Gasteiger partial charge in [0.15, 0.2) is 5.69 Å². The van der Waals surface area contributed by atoms with Gasteiger partial charge in [0, 0.05) is 69.1 Å². The van der Waals surface area contributed by atoms with Gasteiger partial charge in [0.05, 0.1) is 11.2 Å². The number of nitrogens with zero attached hydrogens (tertiary/aromatic N) is 2. The van der Waals surface area contributed by atoms with Crippen LogP contribution in [0.15, 0.2) is 103 Å². The average Bonchev–Trinajstić information content (AvgIpc) is 3.55. The molecule has 0 spiro atoms. The first-order chi connectivity index (χ1) is 22.2. The molecule has 2 N–H and O–H groups in total. The number of aromatic carboxylic acids is 1. The fraction of sp³-hybridized carbons (Fsp3) is 0.179. The first-order valence-corrected chi connectivity index (χ1v) is 15.9. The first kappa shape index (κ1) is 34.3. The van der Waals surface area contributed by atoms with Crippen molar-refractivity contribution >= 4 is 69.6 Å². The monoisotopic (exact) mass is 652 g/mol. The van der Waals surface area contributed by atoms with Crippen molar-refractivity contribution in [2.45, 2.75) is 46.6 Å². The number of carboxylic acid groups (broad SMARTS) is 1. The van der Waals surface area contributed by atoms with Crippen molar-refractivity contribution in [3.8, 4) is 16.8 Å². The maximum Gasteiger partial charge on any atom is 0.354 e. The molecule has 2 heterocycles. The van der Waals surface area contributed by atoms with Crippen molar-refractivity contribution < 1.29 is 14.7 Å². The minimum atomic E-state index is -1.14. The predicted octanol–water partition coefficient (Wildman–Crippen LogP) is 9.33. The Labute approximate surface area is 302 Å². The molecule has 1 radical (unpaired) electrons. The van der Waals surface area contributed by atoms with Gasteiger partial charge < -0.3 is 19.6 Å². The summed E-state index contributed by atoms with van der Waals surface area (Å²) in [6.07, 6.45) is 3.33. The summed E-state index contributed by atoms with van der Waals surface area (Å²) in [4.78, 5) is 26.7. The van der Waals surface area contributed by atoms with E-state index >= 15 is 0 Å². The van der Waals surface area contributed by atoms with Crippen LogP contribution in [0, 0.1) is 13.8 Å². The SMILES string of the molecule is CCCCc1ccc(-c2ccc3c(NC(=O)c4cccc(-n5c(C)ccc5C)c4)c(C(=O)O)n(Cc4cccc(Cl)c4)c3c2)cc1.[Na]. The van der Waals surface area contributed by atoms with Crippen LogP contribution in [0.1, 0.15) is 63.1 Å². The molecular formula is C39H36ClN3NaO3. The van der Waals surface area contributed by atoms with Gasteiger partial charge >= 0.3 is 5.97 Å². The Hall–Kier alpha value is -4.07. The van der Waals surface area contributed by atoms with Crippen LogP contribution in [-0.2, 0) is 13.0 Å². The Balaban J connectivity index is 0.00000433. The largest absolute Gasteiger partial charge is 0.477 e. The van der Waals surface area contributed by atoms with Crippen LogP contribution in [0.4, 0.5) is 5.69 Å². The predicted molar refractivity (Wildman–Crippen MR) is 192 cm³/mol. The zero-order chi connectivity index (χ0) is 32.4. The number of halogens is 1. The molecule has 0 saturated heterocycles. The molecule has 4 aromatic carbocycles. The average molecular weight is 653 g/mol. The summed E-state index contributed by atoms with van der Waals surface area (Å²) in [6, 6.07) is 33.2. The molecule has 0 unspecified atom stereocenters. The zero-order valence-electron chi connectivity index (χ0n) is 27.2. The molecule has 0 saturated carbocycles. The minimum Gasteiger partial charge on any atom is -0.477 e. The molecule has 233 valence electrons. The second-order valence-electron chi connectivity index (χ2n) is 11.7. The van der Waals surface area contributed by atoms with E-state index in [1.165, 1.54) is 5.56 Å². The number of aromatic nitrogens is 2. The molecule has 47 heavy (non-hydrogen) atoms. The van der Waals surface area contributed by atoms with E-state index in [0.29, 0.717) is 21.5 Å². The second kappa shape index (κ2) is 14.8. The van der Waals surface area contributed by atoms with Crippen LogP contribution in [0.2, 0.25) is 5.02 Å². The van der Waals surface area contributed by atoms with Crippen molar-refractivity contribution in [3.05, 3.63) is 142 Å². The number of hydrogen-bond acceptors (Lipinski definition) is 2. The van der Waals surface area contributed by atoms with E-state index in [-0.39, 0.29) is 53.4 Å². The number of fused-ring (bicyclic) bond motifs is 1. The standard InChI is InChI=1S/C39H36ClN3O3.Na/c1-4-5-8-27-15-17-29(18-16-27)30-19-20-34-35(23-30)42(24-28-9-6-11-32(40)21-28)37(39(45)46)36(34)41-38(44)31-10-7-12-33(22-31)43-25(2)13-14-26(43)3;/h6-7,9-23H,4-5,8,24H2,1-3H3,(H,41,44)(H,45,46);. The number of aryl methyl sites for hydroxylation is 3. The van der Waals surface area contributed by atoms with Crippen molar-refractivity contribution in [1.29, 1.82) is 0 Å². The van der Waals surface area contributed by atoms with E-state index in [2.05, 4.69) is 41.1 Å². The Morgan fingerprint density at radius 2 is 1.51 bits per heavy atom. The quantitative estimate of drug-likeness (QED) is 0.145. The maximum absolute atomic E-state index is 13.8. The van der Waals surface area contributed by atoms with Gasteiger partial charge in [0.1, 0.15) is 0 Å². The number of carbonyl (C=O) groups excluding carboxylic acids is 1. The van der Waals surface area contributed by atoms with Crippen LogP contribution in [0.3, 0.4) is 0 Å². The molecule has 0 bridgehead atoms. The van der Waals surface area contributed by atoms with Gasteiger partial charge in [-0.3, -0.25) is 4.79 Å². The van der Waals surface area contributed by atoms with Crippen LogP contribution in [0.25, 0.3) is 27.7 Å². The Morgan fingerprint density at radius 1 is 0.809 bits per heavy atom. The van der Waals surface area contributed by atoms with Gasteiger partial charge in [-0.25, -0.2) is 4.79 Å². The van der Waals surface area contributed by atoms with E-state index in [1.807, 2.05) is 80.6 Å². The van der Waals surface area contributed by atoms with Crippen LogP contribution in [0.5, 0.6) is 0 Å². The number of hydrogen-bond donors (Lipinski definition) is 2. The number of amides is 1. The van der Waals surface area contributed by atoms with Gasteiger partial charge in [-0.1, -0.05) is 79.5 Å². The summed E-state index contributed by atoms with van der Waals surface area (Å²) in [5.74, 6) is -1.52. The third kappa shape index (κ3) is 7.26. The van der Waals surface area contributed by atoms with E-state index in [9.17, 15) is 14.7 Å². The molecule has 6 rings (SSSR count). The minimum absolute atomic E-state index is 0. The molecule has 8 heteroatoms. The molecule has 2 aromatic heterocycles. The molecule has 0 fully saturated rings. The van der Waals surface area contributed by atoms with Gasteiger partial charge in [-0.15, -0.1) is 0 Å². The number of unbranched alkanes of at least 4 members (excludes halogenated alkanes) is 1. The summed E-state index contributed by atoms with van der Waals surface area (Å²) in [6.45, 7) is 6.48. The molecule has 6 nitrogen and oxygen atoms in total. The second-order valence-corrected chi connectivity index (χ2v) is 12.2. The molecule has 0 atom stereocenters. The molecule has 1 amide bonds. The molecule has 6 aromatic rings. The smallest absolute Gasteiger partial charge is 0.354 e. The third-order valence-electron chi connectivity index (χ3n) is 8.48. The van der Waals surface area contributed by atoms with E-state index in [1.54, 1.807) is 16.7 Å². The number of nitrogens with one attached hydrogen (secondary N) is 1. The summed E-state index contributed by atoms with van der Waals surface area (Å²) in [5, 5.41) is 14.8. The maximum atomic E-state index is 13.8. The number of benzene rings is 4. The fourth-order valence-corrected chi connectivity index (χ4v) is 6.37. The van der Waals surface area contributed by atoms with E-state index in [0.717, 1.165) is 53.0 Å². The zero-order valence-corrected chi connectivity index (χ0v) is 29.9. The van der Waals surface area contributed by atoms with Crippen molar-refractivity contribution in [3.63, 3.8) is 0 Å². The van der Waals surface area contributed by atoms with Gasteiger partial charge in [0.25, 0.3) is 5.91 Å². The van der Waals surface area contributed by atoms with Crippen LogP contribution >= 0.6 is 11.6 Å². The summed E-state index contributed by atoms with van der Waals surface area (Å²) in [5.41, 5.74) is 8.49. The molecule has 0 aliphatic rings. The van der Waals surface area contributed by atoms with Crippen LogP contribution < -0.4 is 5.32 Å². The number of carboxylic acids is 1. The number of carbonyl (C=O) groups is 2. The van der Waals surface area contributed by atoms with Crippen molar-refractivity contribution in [2.24, 2.45) is 0 Å². The molecule has 0 aliphatic heterocycles. The van der Waals surface area contributed by atoms with Crippen molar-refractivity contribution in [2.75, 3.05) is 5.32 Å². The molecule has 0 aliphatic carbocycles. The number of rotatable bonds is 10. The normalized spacial score (nSPS) is 11.0. The Morgan fingerprint density at radius 3 is 2.19 bits per heavy atom. The summed E-state index contributed by atoms with van der Waals surface area (Å²) < 4.78 is 3.83. The van der Waals surface area contributed by atoms with E-state index < -0.39 is 5.97 Å². The van der Waals surface area contributed by atoms with E-state index in [4.69, 9.17) is 11.6 Å². The summed E-state index contributed by atoms with van der Waals surface area (Å²) in [7, 11) is 0. The number of anilines is 1. The fourth-order valence-electron chi connectivity index (χ4n) is 6.15. The summed E-state index contributed by atoms with van der Waals surface area (Å²) >= 11 is 6.31. The van der Waals surface area contributed by atoms with Gasteiger partial charge in [-0.05, 0) is 97.5 Å².